The maximum atomic E-state index is 15.4. The SMILES string of the molecule is COc1cc(Cl)cc(N2C(=O)C3C4C[C@](C)(F)CN4C4(C(=O)Nc5c(Cl)cc(Cl)cc54)C3C2=O)c1. The van der Waals surface area contributed by atoms with Crippen molar-refractivity contribution < 1.29 is 23.5 Å². The third kappa shape index (κ3) is 2.91. The lowest BCUT2D eigenvalue weighted by atomic mass is 9.74. The van der Waals surface area contributed by atoms with Crippen LogP contribution < -0.4 is 15.0 Å². The molecule has 5 atom stereocenters. The van der Waals surface area contributed by atoms with Crippen LogP contribution in [0.15, 0.2) is 30.3 Å². The van der Waals surface area contributed by atoms with Gasteiger partial charge in [-0.25, -0.2) is 9.29 Å². The van der Waals surface area contributed by atoms with Crippen molar-refractivity contribution >= 4 is 63.9 Å². The molecule has 4 heterocycles. The van der Waals surface area contributed by atoms with Gasteiger partial charge >= 0.3 is 0 Å². The molecule has 0 radical (unpaired) electrons. The third-order valence-corrected chi connectivity index (χ3v) is 8.34. The van der Waals surface area contributed by atoms with E-state index in [0.717, 1.165) is 4.90 Å². The van der Waals surface area contributed by atoms with Crippen molar-refractivity contribution in [1.82, 2.24) is 4.90 Å². The number of benzene rings is 2. The quantitative estimate of drug-likeness (QED) is 0.573. The molecule has 7 nitrogen and oxygen atoms in total. The van der Waals surface area contributed by atoms with E-state index < -0.39 is 46.8 Å². The minimum absolute atomic E-state index is 0.00143. The molecule has 1 N–H and O–H groups in total. The van der Waals surface area contributed by atoms with E-state index in [1.165, 1.54) is 32.2 Å². The smallest absolute Gasteiger partial charge is 0.250 e. The molecule has 0 aromatic heterocycles. The summed E-state index contributed by atoms with van der Waals surface area (Å²) in [5, 5.41) is 3.52. The number of amides is 3. The van der Waals surface area contributed by atoms with Crippen LogP contribution in [0.3, 0.4) is 0 Å². The number of nitrogens with one attached hydrogen (secondary N) is 1. The predicted octanol–water partition coefficient (Wildman–Crippen LogP) is 4.42. The summed E-state index contributed by atoms with van der Waals surface area (Å²) in [5.74, 6) is -3.29. The number of ether oxygens (including phenoxy) is 1. The summed E-state index contributed by atoms with van der Waals surface area (Å²) in [6.45, 7) is 1.32. The fraction of sp³-hybridized carbons (Fsp3) is 0.375. The number of rotatable bonds is 2. The van der Waals surface area contributed by atoms with Crippen molar-refractivity contribution in [3.8, 4) is 5.75 Å². The molecule has 4 aliphatic heterocycles. The Hall–Kier alpha value is -2.39. The zero-order chi connectivity index (χ0) is 25.0. The highest BCUT2D eigenvalue weighted by Gasteiger charge is 2.76. The molecule has 35 heavy (non-hydrogen) atoms. The predicted molar refractivity (Wildman–Crippen MR) is 129 cm³/mol. The van der Waals surface area contributed by atoms with Crippen LogP contribution in [0.25, 0.3) is 0 Å². The van der Waals surface area contributed by atoms with E-state index in [4.69, 9.17) is 39.5 Å². The average Bonchev–Trinajstić information content (AvgIpc) is 3.41. The van der Waals surface area contributed by atoms with Crippen molar-refractivity contribution in [2.75, 3.05) is 23.9 Å². The number of nitrogens with zero attached hydrogens (tertiary/aromatic N) is 2. The molecule has 11 heteroatoms. The number of hydrogen-bond donors (Lipinski definition) is 1. The van der Waals surface area contributed by atoms with E-state index >= 15 is 4.39 Å². The number of anilines is 2. The maximum absolute atomic E-state index is 15.4. The van der Waals surface area contributed by atoms with Crippen LogP contribution in [0.1, 0.15) is 18.9 Å². The Bertz CT molecular complexity index is 1350. The molecule has 3 amide bonds. The average molecular weight is 539 g/mol. The van der Waals surface area contributed by atoms with Crippen LogP contribution in [-0.2, 0) is 19.9 Å². The molecule has 2 aromatic rings. The summed E-state index contributed by atoms with van der Waals surface area (Å²) in [6.07, 6.45) is -0.00143. The Balaban J connectivity index is 1.58. The van der Waals surface area contributed by atoms with Gasteiger partial charge in [0, 0.05) is 34.3 Å². The van der Waals surface area contributed by atoms with E-state index in [1.54, 1.807) is 17.0 Å². The summed E-state index contributed by atoms with van der Waals surface area (Å²) in [5.41, 5.74) is -2.38. The molecule has 6 rings (SSSR count). The Labute approximate surface area is 215 Å². The number of hydrogen-bond acceptors (Lipinski definition) is 5. The molecular formula is C24H19Cl3FN3O4. The molecule has 0 saturated carbocycles. The maximum Gasteiger partial charge on any atom is 0.250 e. The minimum Gasteiger partial charge on any atom is -0.497 e. The first-order valence-electron chi connectivity index (χ1n) is 11.0. The number of fused-ring (bicyclic) bond motifs is 7. The lowest BCUT2D eigenvalue weighted by molar-refractivity contribution is -0.135. The van der Waals surface area contributed by atoms with Gasteiger partial charge in [-0.1, -0.05) is 34.8 Å². The second-order valence-electron chi connectivity index (χ2n) is 9.71. The van der Waals surface area contributed by atoms with Gasteiger partial charge in [-0.3, -0.25) is 19.3 Å². The number of carbonyl (C=O) groups is 3. The summed E-state index contributed by atoms with van der Waals surface area (Å²) in [6, 6.07) is 6.94. The number of imide groups is 1. The van der Waals surface area contributed by atoms with Crippen molar-refractivity contribution in [3.05, 3.63) is 51.0 Å². The van der Waals surface area contributed by atoms with Gasteiger partial charge in [-0.15, -0.1) is 0 Å². The van der Waals surface area contributed by atoms with Gasteiger partial charge in [0.25, 0.3) is 5.91 Å². The summed E-state index contributed by atoms with van der Waals surface area (Å²) >= 11 is 18.9. The van der Waals surface area contributed by atoms with Crippen LogP contribution in [0.4, 0.5) is 15.8 Å². The van der Waals surface area contributed by atoms with E-state index in [1.807, 2.05) is 0 Å². The Morgan fingerprint density at radius 1 is 1.06 bits per heavy atom. The molecule has 182 valence electrons. The van der Waals surface area contributed by atoms with E-state index in [9.17, 15) is 14.4 Å². The lowest BCUT2D eigenvalue weighted by Gasteiger charge is -2.37. The number of methoxy groups -OCH3 is 1. The van der Waals surface area contributed by atoms with E-state index in [0.29, 0.717) is 17.0 Å². The number of halogens is 4. The topological polar surface area (TPSA) is 79.0 Å². The Kier molecular flexibility index (Phi) is 4.82. The van der Waals surface area contributed by atoms with Gasteiger partial charge in [-0.2, -0.15) is 0 Å². The van der Waals surface area contributed by atoms with Crippen LogP contribution in [-0.4, -0.2) is 48.0 Å². The van der Waals surface area contributed by atoms with Crippen LogP contribution in [0.2, 0.25) is 15.1 Å². The van der Waals surface area contributed by atoms with Crippen LogP contribution >= 0.6 is 34.8 Å². The molecular weight excluding hydrogens is 520 g/mol. The van der Waals surface area contributed by atoms with Gasteiger partial charge in [0.2, 0.25) is 11.8 Å². The van der Waals surface area contributed by atoms with E-state index in [-0.39, 0.29) is 33.7 Å². The molecule has 4 aliphatic rings. The standard InChI is InChI=1S/C24H19Cl3FN3O4/c1-23(28)8-16-17-18(21(33)31(20(17)32)12-3-10(25)4-13(7-12)35-2)24(30(16)9-23)14-5-11(26)6-15(27)19(14)29-22(24)34/h3-7,16-18H,8-9H2,1-2H3,(H,29,34)/t16?,17?,18?,23-,24?/m0/s1. The van der Waals surface area contributed by atoms with Gasteiger partial charge in [0.15, 0.2) is 0 Å². The first kappa shape index (κ1) is 23.0. The van der Waals surface area contributed by atoms with E-state index in [2.05, 4.69) is 5.32 Å². The largest absolute Gasteiger partial charge is 0.497 e. The lowest BCUT2D eigenvalue weighted by Crippen LogP contribution is -2.55. The second-order valence-corrected chi connectivity index (χ2v) is 11.0. The number of alkyl halides is 1. The Morgan fingerprint density at radius 3 is 2.49 bits per heavy atom. The highest BCUT2D eigenvalue weighted by molar-refractivity contribution is 6.38. The number of carbonyl (C=O) groups excluding carboxylic acids is 3. The fourth-order valence-electron chi connectivity index (χ4n) is 6.46. The zero-order valence-electron chi connectivity index (χ0n) is 18.6. The second kappa shape index (κ2) is 7.32. The summed E-state index contributed by atoms with van der Waals surface area (Å²) in [7, 11) is 1.44. The summed E-state index contributed by atoms with van der Waals surface area (Å²) in [4.78, 5) is 44.4. The highest BCUT2D eigenvalue weighted by Crippen LogP contribution is 2.63. The zero-order valence-corrected chi connectivity index (χ0v) is 20.8. The molecule has 0 aliphatic carbocycles. The molecule has 3 saturated heterocycles. The molecule has 2 aromatic carbocycles. The molecule has 1 spiro atoms. The molecule has 4 unspecified atom stereocenters. The first-order chi connectivity index (χ1) is 16.5. The first-order valence-corrected chi connectivity index (χ1v) is 12.1. The van der Waals surface area contributed by atoms with Crippen molar-refractivity contribution in [1.29, 1.82) is 0 Å². The fourth-order valence-corrected chi connectivity index (χ4v) is 7.22. The summed E-state index contributed by atoms with van der Waals surface area (Å²) < 4.78 is 20.7. The van der Waals surface area contributed by atoms with Gasteiger partial charge < -0.3 is 10.1 Å². The monoisotopic (exact) mass is 537 g/mol. The minimum atomic E-state index is -1.66. The van der Waals surface area contributed by atoms with Crippen LogP contribution in [0.5, 0.6) is 5.75 Å². The van der Waals surface area contributed by atoms with Crippen molar-refractivity contribution in [3.63, 3.8) is 0 Å². The Morgan fingerprint density at radius 2 is 1.77 bits per heavy atom. The molecule has 3 fully saturated rings. The highest BCUT2D eigenvalue weighted by atomic mass is 35.5. The van der Waals surface area contributed by atoms with Crippen molar-refractivity contribution in [2.24, 2.45) is 11.8 Å². The van der Waals surface area contributed by atoms with Gasteiger partial charge in [0.05, 0.1) is 35.3 Å². The van der Waals surface area contributed by atoms with Crippen LogP contribution in [0, 0.1) is 11.8 Å². The van der Waals surface area contributed by atoms with Gasteiger partial charge in [-0.05, 0) is 37.6 Å². The third-order valence-electron chi connectivity index (χ3n) is 7.60. The van der Waals surface area contributed by atoms with Crippen molar-refractivity contribution in [2.45, 2.75) is 30.6 Å². The molecule has 0 bridgehead atoms. The normalized spacial score (nSPS) is 33.4. The van der Waals surface area contributed by atoms with Gasteiger partial charge in [0.1, 0.15) is 17.0 Å².